The molecule has 0 aliphatic heterocycles. The Kier molecular flexibility index (Phi) is 7.31. The lowest BCUT2D eigenvalue weighted by Gasteiger charge is -2.15. The van der Waals surface area contributed by atoms with Gasteiger partial charge in [-0.2, -0.15) is 8.78 Å². The average molecular weight is 336 g/mol. The molecular formula is C14H20BrF2NO. The van der Waals surface area contributed by atoms with E-state index in [1.807, 2.05) is 0 Å². The number of hydrogen-bond donors (Lipinski definition) is 1. The Labute approximate surface area is 121 Å². The fourth-order valence-electron chi connectivity index (χ4n) is 1.89. The van der Waals surface area contributed by atoms with Crippen molar-refractivity contribution in [2.45, 2.75) is 39.8 Å². The molecule has 0 unspecified atom stereocenters. The molecule has 0 heterocycles. The van der Waals surface area contributed by atoms with E-state index >= 15 is 0 Å². The molecule has 1 N–H and O–H groups in total. The van der Waals surface area contributed by atoms with Crippen molar-refractivity contribution >= 4 is 15.9 Å². The highest BCUT2D eigenvalue weighted by Crippen LogP contribution is 2.24. The summed E-state index contributed by atoms with van der Waals surface area (Å²) in [6, 6.07) is 5.06. The van der Waals surface area contributed by atoms with Crippen LogP contribution in [0.25, 0.3) is 0 Å². The van der Waals surface area contributed by atoms with Gasteiger partial charge in [0.1, 0.15) is 5.75 Å². The van der Waals surface area contributed by atoms with Gasteiger partial charge in [-0.3, -0.25) is 0 Å². The van der Waals surface area contributed by atoms with Crippen LogP contribution in [0.5, 0.6) is 5.75 Å². The Morgan fingerprint density at radius 3 is 2.53 bits per heavy atom. The minimum absolute atomic E-state index is 0.232. The van der Waals surface area contributed by atoms with Gasteiger partial charge in [-0.15, -0.1) is 0 Å². The molecule has 0 fully saturated rings. The third-order valence-electron chi connectivity index (χ3n) is 3.14. The summed E-state index contributed by atoms with van der Waals surface area (Å²) in [7, 11) is 0. The number of halogens is 3. The lowest BCUT2D eigenvalue weighted by atomic mass is 10.0. The number of nitrogens with one attached hydrogen (secondary N) is 1. The van der Waals surface area contributed by atoms with Gasteiger partial charge < -0.3 is 10.1 Å². The van der Waals surface area contributed by atoms with E-state index in [9.17, 15) is 8.78 Å². The minimum Gasteiger partial charge on any atom is -0.434 e. The van der Waals surface area contributed by atoms with Crippen LogP contribution in [0.15, 0.2) is 22.7 Å². The molecule has 1 aromatic carbocycles. The molecule has 0 atom stereocenters. The summed E-state index contributed by atoms with van der Waals surface area (Å²) in [4.78, 5) is 0. The van der Waals surface area contributed by atoms with Crippen LogP contribution >= 0.6 is 15.9 Å². The molecule has 0 spiro atoms. The molecule has 0 bridgehead atoms. The van der Waals surface area contributed by atoms with Gasteiger partial charge in [0.2, 0.25) is 0 Å². The maximum Gasteiger partial charge on any atom is 0.387 e. The maximum atomic E-state index is 12.3. The fraction of sp³-hybridized carbons (Fsp3) is 0.571. The molecule has 0 saturated carbocycles. The zero-order valence-corrected chi connectivity index (χ0v) is 12.8. The summed E-state index contributed by atoms with van der Waals surface area (Å²) in [6.07, 6.45) is 2.23. The highest BCUT2D eigenvalue weighted by Gasteiger charge is 2.10. The summed E-state index contributed by atoms with van der Waals surface area (Å²) in [6.45, 7) is 2.92. The SMILES string of the molecule is CCC(CC)CNCc1cc(Br)ccc1OC(F)F. The van der Waals surface area contributed by atoms with E-state index in [2.05, 4.69) is 39.8 Å². The Balaban J connectivity index is 2.62. The van der Waals surface area contributed by atoms with Crippen LogP contribution in [0, 0.1) is 5.92 Å². The first-order valence-electron chi connectivity index (χ1n) is 6.50. The van der Waals surface area contributed by atoms with Gasteiger partial charge in [-0.25, -0.2) is 0 Å². The lowest BCUT2D eigenvalue weighted by Crippen LogP contribution is -2.22. The van der Waals surface area contributed by atoms with Gasteiger partial charge >= 0.3 is 6.61 Å². The maximum absolute atomic E-state index is 12.3. The zero-order valence-electron chi connectivity index (χ0n) is 11.3. The molecule has 0 amide bonds. The molecule has 0 aromatic heterocycles. The Bertz CT molecular complexity index is 384. The molecule has 0 radical (unpaired) electrons. The van der Waals surface area contributed by atoms with Crippen LogP contribution in [0.4, 0.5) is 8.78 Å². The first-order valence-corrected chi connectivity index (χ1v) is 7.30. The third kappa shape index (κ3) is 5.87. The molecular weight excluding hydrogens is 316 g/mol. The number of ether oxygens (including phenoxy) is 1. The van der Waals surface area contributed by atoms with Gasteiger partial charge in [0, 0.05) is 16.6 Å². The summed E-state index contributed by atoms with van der Waals surface area (Å²) < 4.78 is 30.0. The van der Waals surface area contributed by atoms with Crippen LogP contribution in [-0.4, -0.2) is 13.2 Å². The Morgan fingerprint density at radius 1 is 1.26 bits per heavy atom. The highest BCUT2D eigenvalue weighted by atomic mass is 79.9. The van der Waals surface area contributed by atoms with E-state index in [4.69, 9.17) is 0 Å². The number of rotatable bonds is 8. The van der Waals surface area contributed by atoms with Crippen molar-refractivity contribution in [1.82, 2.24) is 5.32 Å². The van der Waals surface area contributed by atoms with Gasteiger partial charge in [-0.05, 0) is 30.7 Å². The summed E-state index contributed by atoms with van der Waals surface area (Å²) in [5, 5.41) is 3.30. The van der Waals surface area contributed by atoms with Gasteiger partial charge in [0.05, 0.1) is 0 Å². The first kappa shape index (κ1) is 16.4. The van der Waals surface area contributed by atoms with Crippen molar-refractivity contribution in [3.05, 3.63) is 28.2 Å². The van der Waals surface area contributed by atoms with Crippen molar-refractivity contribution in [2.24, 2.45) is 5.92 Å². The van der Waals surface area contributed by atoms with Crippen LogP contribution in [0.2, 0.25) is 0 Å². The smallest absolute Gasteiger partial charge is 0.387 e. The number of benzene rings is 1. The first-order chi connectivity index (χ1) is 9.06. The second-order valence-corrected chi connectivity index (χ2v) is 5.36. The quantitative estimate of drug-likeness (QED) is 0.750. The molecule has 19 heavy (non-hydrogen) atoms. The molecule has 0 aliphatic rings. The van der Waals surface area contributed by atoms with Crippen LogP contribution in [-0.2, 0) is 6.54 Å². The monoisotopic (exact) mass is 335 g/mol. The van der Waals surface area contributed by atoms with E-state index in [0.717, 1.165) is 29.4 Å². The predicted octanol–water partition coefficient (Wildman–Crippen LogP) is 4.58. The molecule has 5 heteroatoms. The van der Waals surface area contributed by atoms with Crippen LogP contribution in [0.1, 0.15) is 32.3 Å². The molecule has 2 nitrogen and oxygen atoms in total. The zero-order chi connectivity index (χ0) is 14.3. The van der Waals surface area contributed by atoms with E-state index in [1.165, 1.54) is 0 Å². The second-order valence-electron chi connectivity index (χ2n) is 4.44. The van der Waals surface area contributed by atoms with Gasteiger partial charge in [-0.1, -0.05) is 42.6 Å². The van der Waals surface area contributed by atoms with Gasteiger partial charge in [0.15, 0.2) is 0 Å². The molecule has 108 valence electrons. The molecule has 1 rings (SSSR count). The van der Waals surface area contributed by atoms with E-state index < -0.39 is 6.61 Å². The average Bonchev–Trinajstić information content (AvgIpc) is 2.37. The van der Waals surface area contributed by atoms with Crippen molar-refractivity contribution in [3.8, 4) is 5.75 Å². The van der Waals surface area contributed by atoms with Crippen LogP contribution in [0.3, 0.4) is 0 Å². The highest BCUT2D eigenvalue weighted by molar-refractivity contribution is 9.10. The standard InChI is InChI=1S/C14H20BrF2NO/c1-3-10(4-2)8-18-9-11-7-12(15)5-6-13(11)19-14(16)17/h5-7,10,14,18H,3-4,8-9H2,1-2H3. The van der Waals surface area contributed by atoms with Gasteiger partial charge in [0.25, 0.3) is 0 Å². The van der Waals surface area contributed by atoms with Crippen LogP contribution < -0.4 is 10.1 Å². The van der Waals surface area contributed by atoms with E-state index in [0.29, 0.717) is 12.5 Å². The topological polar surface area (TPSA) is 21.3 Å². The number of hydrogen-bond acceptors (Lipinski definition) is 2. The normalized spacial score (nSPS) is 11.3. The molecule has 0 saturated heterocycles. The minimum atomic E-state index is -2.79. The number of alkyl halides is 2. The van der Waals surface area contributed by atoms with Crippen molar-refractivity contribution in [1.29, 1.82) is 0 Å². The Morgan fingerprint density at radius 2 is 1.95 bits per heavy atom. The summed E-state index contributed by atoms with van der Waals surface area (Å²) in [5.41, 5.74) is 0.737. The van der Waals surface area contributed by atoms with Crippen molar-refractivity contribution in [2.75, 3.05) is 6.54 Å². The molecule has 1 aromatic rings. The molecule has 0 aliphatic carbocycles. The predicted molar refractivity (Wildman–Crippen MR) is 76.6 cm³/mol. The summed E-state index contributed by atoms with van der Waals surface area (Å²) in [5.74, 6) is 0.849. The lowest BCUT2D eigenvalue weighted by molar-refractivity contribution is -0.0505. The van der Waals surface area contributed by atoms with Crippen molar-refractivity contribution < 1.29 is 13.5 Å². The largest absolute Gasteiger partial charge is 0.434 e. The second kappa shape index (κ2) is 8.48. The third-order valence-corrected chi connectivity index (χ3v) is 3.64. The van der Waals surface area contributed by atoms with E-state index in [-0.39, 0.29) is 5.75 Å². The van der Waals surface area contributed by atoms with E-state index in [1.54, 1.807) is 18.2 Å². The Hall–Kier alpha value is -0.680. The fourth-order valence-corrected chi connectivity index (χ4v) is 2.29. The summed E-state index contributed by atoms with van der Waals surface area (Å²) >= 11 is 3.34. The van der Waals surface area contributed by atoms with Crippen molar-refractivity contribution in [3.63, 3.8) is 0 Å².